The first-order valence-electron chi connectivity index (χ1n) is 9.02. The molecule has 1 fully saturated rings. The predicted molar refractivity (Wildman–Crippen MR) is 101 cm³/mol. The molecular weight excluding hydrogens is 361 g/mol. The maximum atomic E-state index is 13.8. The number of carbonyl (C=O) groups excluding carboxylic acids is 1. The molecule has 1 amide bonds. The number of rotatable bonds is 3. The number of aromatic nitrogens is 5. The molecule has 0 radical (unpaired) electrons. The molecule has 9 heteroatoms. The molecule has 3 aromatic heterocycles. The average Bonchev–Trinajstić information content (AvgIpc) is 3.06. The van der Waals surface area contributed by atoms with Crippen molar-refractivity contribution in [2.24, 2.45) is 0 Å². The van der Waals surface area contributed by atoms with Crippen molar-refractivity contribution < 1.29 is 9.18 Å². The van der Waals surface area contributed by atoms with E-state index in [1.807, 2.05) is 26.0 Å². The normalized spacial score (nSPS) is 14.4. The molecule has 144 valence electrons. The Hall–Kier alpha value is -3.36. The minimum Gasteiger partial charge on any atom is -0.353 e. The van der Waals surface area contributed by atoms with E-state index in [0.29, 0.717) is 32.0 Å². The van der Waals surface area contributed by atoms with Crippen molar-refractivity contribution in [3.05, 3.63) is 59.7 Å². The van der Waals surface area contributed by atoms with E-state index < -0.39 is 5.82 Å². The third-order valence-corrected chi connectivity index (χ3v) is 4.76. The molecule has 0 saturated carbocycles. The molecule has 1 saturated heterocycles. The van der Waals surface area contributed by atoms with E-state index in [2.05, 4.69) is 25.0 Å². The lowest BCUT2D eigenvalue weighted by molar-refractivity contribution is 0.0741. The Bertz CT molecular complexity index is 1010. The summed E-state index contributed by atoms with van der Waals surface area (Å²) in [7, 11) is 0. The van der Waals surface area contributed by atoms with Crippen LogP contribution in [0.25, 0.3) is 5.82 Å². The van der Waals surface area contributed by atoms with Crippen LogP contribution in [0.1, 0.15) is 21.7 Å². The summed E-state index contributed by atoms with van der Waals surface area (Å²) in [6.07, 6.45) is 4.00. The first-order valence-corrected chi connectivity index (χ1v) is 9.02. The van der Waals surface area contributed by atoms with Gasteiger partial charge in [0.05, 0.1) is 17.5 Å². The van der Waals surface area contributed by atoms with Crippen molar-refractivity contribution in [2.75, 3.05) is 31.1 Å². The maximum absolute atomic E-state index is 13.8. The minimum atomic E-state index is -0.597. The molecule has 0 atom stereocenters. The van der Waals surface area contributed by atoms with Crippen molar-refractivity contribution in [2.45, 2.75) is 13.8 Å². The molecule has 0 bridgehead atoms. The highest BCUT2D eigenvalue weighted by Gasteiger charge is 2.25. The number of hydrogen-bond donors (Lipinski definition) is 0. The van der Waals surface area contributed by atoms with Crippen LogP contribution in [0, 0.1) is 19.7 Å². The molecule has 3 aromatic rings. The Morgan fingerprint density at radius 1 is 1.07 bits per heavy atom. The van der Waals surface area contributed by atoms with Crippen LogP contribution in [0.2, 0.25) is 0 Å². The van der Waals surface area contributed by atoms with Crippen LogP contribution in [-0.2, 0) is 0 Å². The standard InChI is InChI=1S/C19H20FN7O/c1-13-9-14(2)27(24-13)18-10-17(22-12-23-18)25-5-7-26(8-6-25)19(28)15-3-4-21-11-16(15)20/h3-4,9-12H,5-8H2,1-2H3. The lowest BCUT2D eigenvalue weighted by Crippen LogP contribution is -2.49. The third-order valence-electron chi connectivity index (χ3n) is 4.76. The predicted octanol–water partition coefficient (Wildman–Crippen LogP) is 1.78. The van der Waals surface area contributed by atoms with Crippen molar-refractivity contribution in [1.29, 1.82) is 0 Å². The van der Waals surface area contributed by atoms with Crippen LogP contribution < -0.4 is 4.90 Å². The van der Waals surface area contributed by atoms with Crippen LogP contribution in [0.5, 0.6) is 0 Å². The highest BCUT2D eigenvalue weighted by Crippen LogP contribution is 2.18. The van der Waals surface area contributed by atoms with Gasteiger partial charge in [-0.15, -0.1) is 0 Å². The Kier molecular flexibility index (Phi) is 4.72. The number of hydrogen-bond acceptors (Lipinski definition) is 6. The third kappa shape index (κ3) is 3.42. The molecule has 1 aliphatic rings. The largest absolute Gasteiger partial charge is 0.353 e. The summed E-state index contributed by atoms with van der Waals surface area (Å²) in [6, 6.07) is 5.29. The molecule has 0 unspecified atom stereocenters. The van der Waals surface area contributed by atoms with E-state index in [-0.39, 0.29) is 11.5 Å². The van der Waals surface area contributed by atoms with E-state index in [1.165, 1.54) is 18.6 Å². The van der Waals surface area contributed by atoms with Crippen molar-refractivity contribution in [3.8, 4) is 5.82 Å². The Morgan fingerprint density at radius 2 is 1.82 bits per heavy atom. The fourth-order valence-corrected chi connectivity index (χ4v) is 3.34. The summed E-state index contributed by atoms with van der Waals surface area (Å²) >= 11 is 0. The topological polar surface area (TPSA) is 80.0 Å². The molecule has 0 spiro atoms. The summed E-state index contributed by atoms with van der Waals surface area (Å²) in [5.41, 5.74) is 1.97. The molecule has 28 heavy (non-hydrogen) atoms. The van der Waals surface area contributed by atoms with Crippen molar-refractivity contribution >= 4 is 11.7 Å². The van der Waals surface area contributed by atoms with Crippen LogP contribution in [0.15, 0.2) is 36.9 Å². The summed E-state index contributed by atoms with van der Waals surface area (Å²) in [6.45, 7) is 6.09. The minimum absolute atomic E-state index is 0.0531. The molecule has 0 aromatic carbocycles. The van der Waals surface area contributed by atoms with Gasteiger partial charge in [0.1, 0.15) is 12.1 Å². The zero-order chi connectivity index (χ0) is 19.7. The number of piperazine rings is 1. The number of pyridine rings is 1. The van der Waals surface area contributed by atoms with Crippen LogP contribution in [0.3, 0.4) is 0 Å². The quantitative estimate of drug-likeness (QED) is 0.688. The second kappa shape index (κ2) is 7.34. The van der Waals surface area contributed by atoms with Crippen LogP contribution in [0.4, 0.5) is 10.2 Å². The number of amides is 1. The molecule has 4 heterocycles. The smallest absolute Gasteiger partial charge is 0.257 e. The zero-order valence-corrected chi connectivity index (χ0v) is 15.7. The van der Waals surface area contributed by atoms with Gasteiger partial charge >= 0.3 is 0 Å². The van der Waals surface area contributed by atoms with Gasteiger partial charge in [0.2, 0.25) is 0 Å². The van der Waals surface area contributed by atoms with Gasteiger partial charge in [-0.2, -0.15) is 5.10 Å². The Morgan fingerprint density at radius 3 is 2.50 bits per heavy atom. The average molecular weight is 381 g/mol. The van der Waals surface area contributed by atoms with Gasteiger partial charge in [-0.25, -0.2) is 19.0 Å². The first kappa shape index (κ1) is 18.0. The van der Waals surface area contributed by atoms with E-state index in [1.54, 1.807) is 9.58 Å². The highest BCUT2D eigenvalue weighted by atomic mass is 19.1. The fourth-order valence-electron chi connectivity index (χ4n) is 3.34. The van der Waals surface area contributed by atoms with Crippen molar-refractivity contribution in [3.63, 3.8) is 0 Å². The SMILES string of the molecule is Cc1cc(C)n(-c2cc(N3CCN(C(=O)c4ccncc4F)CC3)ncn2)n1. The number of anilines is 1. The molecular formula is C19H20FN7O. The molecule has 8 nitrogen and oxygen atoms in total. The number of carbonyl (C=O) groups is 1. The zero-order valence-electron chi connectivity index (χ0n) is 15.7. The summed E-state index contributed by atoms with van der Waals surface area (Å²) in [4.78, 5) is 28.7. The first-order chi connectivity index (χ1) is 13.5. The van der Waals surface area contributed by atoms with Crippen LogP contribution >= 0.6 is 0 Å². The second-order valence-corrected chi connectivity index (χ2v) is 6.71. The van der Waals surface area contributed by atoms with E-state index in [9.17, 15) is 9.18 Å². The van der Waals surface area contributed by atoms with Crippen molar-refractivity contribution in [1.82, 2.24) is 29.6 Å². The Balaban J connectivity index is 1.47. The van der Waals surface area contributed by atoms with Gasteiger partial charge in [-0.3, -0.25) is 9.78 Å². The van der Waals surface area contributed by atoms with E-state index in [4.69, 9.17) is 0 Å². The van der Waals surface area contributed by atoms with Gasteiger partial charge < -0.3 is 9.80 Å². The summed E-state index contributed by atoms with van der Waals surface area (Å²) < 4.78 is 15.6. The van der Waals surface area contributed by atoms with Gasteiger partial charge in [-0.05, 0) is 26.0 Å². The molecule has 0 aliphatic carbocycles. The van der Waals surface area contributed by atoms with E-state index >= 15 is 0 Å². The van der Waals surface area contributed by atoms with Gasteiger partial charge in [0.15, 0.2) is 11.6 Å². The van der Waals surface area contributed by atoms with Crippen LogP contribution in [-0.4, -0.2) is 61.7 Å². The molecule has 4 rings (SSSR count). The molecule has 0 N–H and O–H groups in total. The van der Waals surface area contributed by atoms with E-state index in [0.717, 1.165) is 23.4 Å². The van der Waals surface area contributed by atoms with Gasteiger partial charge in [0.25, 0.3) is 5.91 Å². The monoisotopic (exact) mass is 381 g/mol. The molecule has 1 aliphatic heterocycles. The fraction of sp³-hybridized carbons (Fsp3) is 0.316. The number of halogens is 1. The lowest BCUT2D eigenvalue weighted by Gasteiger charge is -2.35. The number of nitrogens with zero attached hydrogens (tertiary/aromatic N) is 7. The van der Waals surface area contributed by atoms with Gasteiger partial charge in [0, 0.05) is 44.1 Å². The maximum Gasteiger partial charge on any atom is 0.257 e. The summed E-state index contributed by atoms with van der Waals surface area (Å²) in [5.74, 6) is 0.568. The Labute approximate surface area is 161 Å². The van der Waals surface area contributed by atoms with Gasteiger partial charge in [-0.1, -0.05) is 0 Å². The summed E-state index contributed by atoms with van der Waals surface area (Å²) in [5, 5.41) is 4.46. The second-order valence-electron chi connectivity index (χ2n) is 6.71. The number of aryl methyl sites for hydroxylation is 2. The highest BCUT2D eigenvalue weighted by molar-refractivity contribution is 5.94. The lowest BCUT2D eigenvalue weighted by atomic mass is 10.2.